The first-order chi connectivity index (χ1) is 8.26. The summed E-state index contributed by atoms with van der Waals surface area (Å²) < 4.78 is 10.9. The van der Waals surface area contributed by atoms with Crippen molar-refractivity contribution in [3.63, 3.8) is 0 Å². The van der Waals surface area contributed by atoms with E-state index < -0.39 is 0 Å². The van der Waals surface area contributed by atoms with Crippen LogP contribution in [-0.2, 0) is 4.74 Å². The summed E-state index contributed by atoms with van der Waals surface area (Å²) in [6.07, 6.45) is 2.86. The minimum absolute atomic E-state index is 0.262. The molecule has 94 valence electrons. The lowest BCUT2D eigenvalue weighted by molar-refractivity contribution is 0.127. The van der Waals surface area contributed by atoms with Crippen molar-refractivity contribution in [3.05, 3.63) is 6.33 Å². The quantitative estimate of drug-likeness (QED) is 0.828. The van der Waals surface area contributed by atoms with Gasteiger partial charge < -0.3 is 14.8 Å². The van der Waals surface area contributed by atoms with Gasteiger partial charge in [0.1, 0.15) is 11.4 Å². The molecule has 2 heterocycles. The molecule has 1 aliphatic rings. The molecule has 1 saturated heterocycles. The summed E-state index contributed by atoms with van der Waals surface area (Å²) in [6, 6.07) is 0. The molecule has 1 aliphatic heterocycles. The molecule has 0 amide bonds. The van der Waals surface area contributed by atoms with E-state index in [-0.39, 0.29) is 6.10 Å². The van der Waals surface area contributed by atoms with E-state index in [1.165, 1.54) is 0 Å². The fraction of sp³-hybridized carbons (Fsp3) is 0.636. The predicted octanol–water partition coefficient (Wildman–Crippen LogP) is 1.80. The molecule has 0 spiro atoms. The molecule has 1 N–H and O–H groups in total. The van der Waals surface area contributed by atoms with Gasteiger partial charge in [-0.25, -0.2) is 9.97 Å². The van der Waals surface area contributed by atoms with E-state index in [1.54, 1.807) is 25.2 Å². The summed E-state index contributed by atoms with van der Waals surface area (Å²) in [5, 5.41) is 4.31. The zero-order chi connectivity index (χ0) is 12.3. The Morgan fingerprint density at radius 3 is 2.94 bits per heavy atom. The Morgan fingerprint density at radius 1 is 1.53 bits per heavy atom. The molecule has 0 radical (unpaired) electrons. The van der Waals surface area contributed by atoms with E-state index in [0.717, 1.165) is 23.9 Å². The predicted molar refractivity (Wildman–Crippen MR) is 67.8 cm³/mol. The molecule has 0 bridgehead atoms. The molecule has 2 rings (SSSR count). The molecule has 0 aromatic carbocycles. The molecule has 2 unspecified atom stereocenters. The maximum absolute atomic E-state index is 5.55. The van der Waals surface area contributed by atoms with Gasteiger partial charge in [0.05, 0.1) is 13.2 Å². The number of thioether (sulfide) groups is 1. The number of hydrogen-bond donors (Lipinski definition) is 1. The second-order valence-electron chi connectivity index (χ2n) is 3.83. The largest absolute Gasteiger partial charge is 0.490 e. The molecule has 17 heavy (non-hydrogen) atoms. The average Bonchev–Trinajstić information content (AvgIpc) is 2.74. The Labute approximate surface area is 105 Å². The zero-order valence-corrected chi connectivity index (χ0v) is 11.1. The van der Waals surface area contributed by atoms with E-state index in [1.807, 2.05) is 7.05 Å². The van der Waals surface area contributed by atoms with Gasteiger partial charge in [-0.1, -0.05) is 11.8 Å². The standard InChI is InChI=1S/C11H17N3O2S/c1-7-8(4-5-16-7)17-11-9(15-3)10(12-2)13-6-14-11/h6-8H,4-5H2,1-3H3,(H,12,13,14). The first-order valence-electron chi connectivity index (χ1n) is 5.61. The summed E-state index contributed by atoms with van der Waals surface area (Å²) in [6.45, 7) is 2.92. The van der Waals surface area contributed by atoms with Crippen molar-refractivity contribution < 1.29 is 9.47 Å². The Hall–Kier alpha value is -1.01. The molecule has 1 aromatic rings. The summed E-state index contributed by atoms with van der Waals surface area (Å²) in [5.74, 6) is 1.43. The number of ether oxygens (including phenoxy) is 2. The summed E-state index contributed by atoms with van der Waals surface area (Å²) >= 11 is 1.70. The second-order valence-corrected chi connectivity index (χ2v) is 5.06. The van der Waals surface area contributed by atoms with Crippen LogP contribution in [-0.4, -0.2) is 42.1 Å². The third kappa shape index (κ3) is 2.63. The molecule has 1 aromatic heterocycles. The van der Waals surface area contributed by atoms with Gasteiger partial charge in [-0.05, 0) is 13.3 Å². The van der Waals surface area contributed by atoms with Crippen LogP contribution in [0.15, 0.2) is 11.4 Å². The summed E-state index contributed by atoms with van der Waals surface area (Å²) in [5.41, 5.74) is 0. The van der Waals surface area contributed by atoms with Crippen LogP contribution < -0.4 is 10.1 Å². The number of anilines is 1. The van der Waals surface area contributed by atoms with Gasteiger partial charge in [0.15, 0.2) is 11.6 Å². The fourth-order valence-corrected chi connectivity index (χ4v) is 2.98. The van der Waals surface area contributed by atoms with Crippen LogP contribution in [0.25, 0.3) is 0 Å². The molecular formula is C11H17N3O2S. The van der Waals surface area contributed by atoms with Crippen molar-refractivity contribution >= 4 is 17.6 Å². The van der Waals surface area contributed by atoms with Gasteiger partial charge in [-0.3, -0.25) is 0 Å². The second kappa shape index (κ2) is 5.55. The van der Waals surface area contributed by atoms with Gasteiger partial charge in [0, 0.05) is 18.9 Å². The van der Waals surface area contributed by atoms with Crippen LogP contribution >= 0.6 is 11.8 Å². The molecule has 0 saturated carbocycles. The number of nitrogens with one attached hydrogen (secondary N) is 1. The topological polar surface area (TPSA) is 56.3 Å². The van der Waals surface area contributed by atoms with Gasteiger partial charge in [-0.2, -0.15) is 0 Å². The van der Waals surface area contributed by atoms with Crippen molar-refractivity contribution in [1.29, 1.82) is 0 Å². The highest BCUT2D eigenvalue weighted by molar-refractivity contribution is 8.00. The lowest BCUT2D eigenvalue weighted by Crippen LogP contribution is -2.14. The highest BCUT2D eigenvalue weighted by Gasteiger charge is 2.27. The lowest BCUT2D eigenvalue weighted by atomic mass is 10.3. The minimum atomic E-state index is 0.262. The minimum Gasteiger partial charge on any atom is -0.490 e. The number of rotatable bonds is 4. The Kier molecular flexibility index (Phi) is 4.06. The normalized spacial score (nSPS) is 23.7. The first kappa shape index (κ1) is 12.4. The zero-order valence-electron chi connectivity index (χ0n) is 10.3. The Morgan fingerprint density at radius 2 is 2.35 bits per heavy atom. The van der Waals surface area contributed by atoms with Crippen LogP contribution in [0.1, 0.15) is 13.3 Å². The average molecular weight is 255 g/mol. The summed E-state index contributed by atoms with van der Waals surface area (Å²) in [7, 11) is 3.46. The number of nitrogens with zero attached hydrogens (tertiary/aromatic N) is 2. The molecular weight excluding hydrogens is 238 g/mol. The maximum atomic E-state index is 5.55. The van der Waals surface area contributed by atoms with E-state index in [2.05, 4.69) is 22.2 Å². The molecule has 6 heteroatoms. The highest BCUT2D eigenvalue weighted by atomic mass is 32.2. The molecule has 1 fully saturated rings. The number of methoxy groups -OCH3 is 1. The van der Waals surface area contributed by atoms with Crippen LogP contribution in [0.5, 0.6) is 5.75 Å². The highest BCUT2D eigenvalue weighted by Crippen LogP contribution is 2.38. The Balaban J connectivity index is 2.19. The van der Waals surface area contributed by atoms with Crippen molar-refractivity contribution in [2.45, 2.75) is 29.7 Å². The van der Waals surface area contributed by atoms with Gasteiger partial charge in [-0.15, -0.1) is 0 Å². The summed E-state index contributed by atoms with van der Waals surface area (Å²) in [4.78, 5) is 8.42. The third-order valence-corrected chi connectivity index (χ3v) is 4.22. The third-order valence-electron chi connectivity index (χ3n) is 2.78. The lowest BCUT2D eigenvalue weighted by Gasteiger charge is -2.15. The van der Waals surface area contributed by atoms with Crippen LogP contribution in [0, 0.1) is 0 Å². The van der Waals surface area contributed by atoms with Crippen molar-refractivity contribution in [1.82, 2.24) is 9.97 Å². The fourth-order valence-electron chi connectivity index (χ4n) is 1.81. The van der Waals surface area contributed by atoms with E-state index in [9.17, 15) is 0 Å². The SMILES string of the molecule is CNc1ncnc(SC2CCOC2C)c1OC. The van der Waals surface area contributed by atoms with Crippen molar-refractivity contribution in [2.24, 2.45) is 0 Å². The van der Waals surface area contributed by atoms with E-state index in [0.29, 0.717) is 11.0 Å². The smallest absolute Gasteiger partial charge is 0.193 e. The van der Waals surface area contributed by atoms with Gasteiger partial charge in [0.25, 0.3) is 0 Å². The molecule has 0 aliphatic carbocycles. The first-order valence-corrected chi connectivity index (χ1v) is 6.49. The molecule has 2 atom stereocenters. The monoisotopic (exact) mass is 255 g/mol. The van der Waals surface area contributed by atoms with Gasteiger partial charge in [0.2, 0.25) is 0 Å². The van der Waals surface area contributed by atoms with E-state index in [4.69, 9.17) is 9.47 Å². The Bertz CT molecular complexity index is 389. The molecule has 5 nitrogen and oxygen atoms in total. The van der Waals surface area contributed by atoms with Crippen molar-refractivity contribution in [3.8, 4) is 5.75 Å². The van der Waals surface area contributed by atoms with Crippen LogP contribution in [0.4, 0.5) is 5.82 Å². The van der Waals surface area contributed by atoms with Crippen molar-refractivity contribution in [2.75, 3.05) is 26.1 Å². The maximum Gasteiger partial charge on any atom is 0.193 e. The number of aromatic nitrogens is 2. The van der Waals surface area contributed by atoms with Crippen LogP contribution in [0.3, 0.4) is 0 Å². The van der Waals surface area contributed by atoms with Crippen LogP contribution in [0.2, 0.25) is 0 Å². The van der Waals surface area contributed by atoms with Gasteiger partial charge >= 0.3 is 0 Å². The van der Waals surface area contributed by atoms with E-state index >= 15 is 0 Å². The number of hydrogen-bond acceptors (Lipinski definition) is 6.